The zero-order chi connectivity index (χ0) is 15.6. The van der Waals surface area contributed by atoms with Gasteiger partial charge in [0, 0.05) is 12.1 Å². The van der Waals surface area contributed by atoms with Crippen LogP contribution in [0.25, 0.3) is 0 Å². The SMILES string of the molecule is O=[N+]([O-])c1ccc(OC2O[C@H](CO)[C@@H](O)[C@H](O)[C@@H]2O)cc1. The van der Waals surface area contributed by atoms with Crippen LogP contribution in [0.1, 0.15) is 0 Å². The van der Waals surface area contributed by atoms with Crippen molar-refractivity contribution < 1.29 is 34.8 Å². The Morgan fingerprint density at radius 2 is 1.76 bits per heavy atom. The van der Waals surface area contributed by atoms with E-state index < -0.39 is 42.2 Å². The van der Waals surface area contributed by atoms with Gasteiger partial charge in [-0.15, -0.1) is 0 Å². The van der Waals surface area contributed by atoms with E-state index in [1.54, 1.807) is 0 Å². The van der Waals surface area contributed by atoms with Gasteiger partial charge in [0.1, 0.15) is 30.2 Å². The van der Waals surface area contributed by atoms with Gasteiger partial charge < -0.3 is 29.9 Å². The predicted octanol–water partition coefficient (Wildman–Crippen LogP) is -1.23. The van der Waals surface area contributed by atoms with Gasteiger partial charge in [-0.3, -0.25) is 10.1 Å². The molecule has 1 fully saturated rings. The number of rotatable bonds is 4. The minimum absolute atomic E-state index is 0.129. The topological polar surface area (TPSA) is 143 Å². The van der Waals surface area contributed by atoms with Crippen molar-refractivity contribution in [1.29, 1.82) is 0 Å². The van der Waals surface area contributed by atoms with E-state index >= 15 is 0 Å². The minimum Gasteiger partial charge on any atom is -0.462 e. The fourth-order valence-corrected chi connectivity index (χ4v) is 1.95. The molecule has 0 saturated carbocycles. The Labute approximate surface area is 119 Å². The molecule has 9 nitrogen and oxygen atoms in total. The zero-order valence-electron chi connectivity index (χ0n) is 10.8. The zero-order valence-corrected chi connectivity index (χ0v) is 10.8. The summed E-state index contributed by atoms with van der Waals surface area (Å²) in [5, 5.41) is 48.6. The van der Waals surface area contributed by atoms with Crippen molar-refractivity contribution in [1.82, 2.24) is 0 Å². The summed E-state index contributed by atoms with van der Waals surface area (Å²) in [7, 11) is 0. The van der Waals surface area contributed by atoms with Crippen molar-refractivity contribution in [2.75, 3.05) is 6.61 Å². The van der Waals surface area contributed by atoms with Gasteiger partial charge in [0.2, 0.25) is 6.29 Å². The highest BCUT2D eigenvalue weighted by molar-refractivity contribution is 5.36. The average Bonchev–Trinajstić information content (AvgIpc) is 2.48. The van der Waals surface area contributed by atoms with E-state index in [0.717, 1.165) is 0 Å². The van der Waals surface area contributed by atoms with Gasteiger partial charge in [0.15, 0.2) is 0 Å². The molecule has 1 heterocycles. The van der Waals surface area contributed by atoms with Crippen LogP contribution in [0.4, 0.5) is 5.69 Å². The molecule has 0 bridgehead atoms. The quantitative estimate of drug-likeness (QED) is 0.400. The molecule has 0 amide bonds. The molecule has 21 heavy (non-hydrogen) atoms. The van der Waals surface area contributed by atoms with Crippen LogP contribution in [-0.4, -0.2) is 62.7 Å². The van der Waals surface area contributed by atoms with Gasteiger partial charge in [0.05, 0.1) is 11.5 Å². The minimum atomic E-state index is -1.54. The third kappa shape index (κ3) is 3.28. The molecule has 0 spiro atoms. The number of hydrogen-bond donors (Lipinski definition) is 4. The first-order chi connectivity index (χ1) is 9.93. The van der Waals surface area contributed by atoms with E-state index in [2.05, 4.69) is 0 Å². The van der Waals surface area contributed by atoms with Crippen molar-refractivity contribution in [3.05, 3.63) is 34.4 Å². The molecule has 1 aromatic carbocycles. The van der Waals surface area contributed by atoms with Crippen LogP contribution in [-0.2, 0) is 4.74 Å². The molecule has 2 rings (SSSR count). The molecule has 1 unspecified atom stereocenters. The van der Waals surface area contributed by atoms with Gasteiger partial charge in [-0.05, 0) is 12.1 Å². The summed E-state index contributed by atoms with van der Waals surface area (Å²) in [6, 6.07) is 5.03. The Hall–Kier alpha value is -1.78. The fraction of sp³-hybridized carbons (Fsp3) is 0.500. The number of aliphatic hydroxyl groups excluding tert-OH is 4. The molecular weight excluding hydrogens is 286 g/mol. The van der Waals surface area contributed by atoms with Crippen molar-refractivity contribution >= 4 is 5.69 Å². The Bertz CT molecular complexity index is 491. The maximum Gasteiger partial charge on any atom is 0.269 e. The molecule has 0 radical (unpaired) electrons. The van der Waals surface area contributed by atoms with Gasteiger partial charge in [-0.2, -0.15) is 0 Å². The van der Waals surface area contributed by atoms with Crippen LogP contribution >= 0.6 is 0 Å². The van der Waals surface area contributed by atoms with Crippen molar-refractivity contribution in [3.8, 4) is 5.75 Å². The molecule has 4 N–H and O–H groups in total. The largest absolute Gasteiger partial charge is 0.462 e. The van der Waals surface area contributed by atoms with Crippen molar-refractivity contribution in [2.24, 2.45) is 0 Å². The molecule has 0 aliphatic carbocycles. The molecule has 1 aromatic rings. The highest BCUT2D eigenvalue weighted by Gasteiger charge is 2.44. The third-order valence-electron chi connectivity index (χ3n) is 3.15. The standard InChI is InChI=1S/C12H15NO8/c14-5-8-9(15)10(16)11(17)12(21-8)20-7-3-1-6(2-4-7)13(18)19/h1-4,8-12,14-17H,5H2/t8-,9-,10+,11+,12?/m1/s1. The molecular formula is C12H15NO8. The Morgan fingerprint density at radius 3 is 2.29 bits per heavy atom. The molecule has 116 valence electrons. The number of hydrogen-bond acceptors (Lipinski definition) is 8. The highest BCUT2D eigenvalue weighted by atomic mass is 16.7. The van der Waals surface area contributed by atoms with Gasteiger partial charge in [0.25, 0.3) is 5.69 Å². The van der Waals surface area contributed by atoms with E-state index in [4.69, 9.17) is 14.6 Å². The fourth-order valence-electron chi connectivity index (χ4n) is 1.95. The smallest absolute Gasteiger partial charge is 0.269 e. The first-order valence-electron chi connectivity index (χ1n) is 6.15. The summed E-state index contributed by atoms with van der Waals surface area (Å²) in [6.07, 6.45) is -6.94. The van der Waals surface area contributed by atoms with E-state index in [-0.39, 0.29) is 11.4 Å². The first kappa shape index (κ1) is 15.6. The van der Waals surface area contributed by atoms with E-state index in [1.165, 1.54) is 24.3 Å². The summed E-state index contributed by atoms with van der Waals surface area (Å²) in [4.78, 5) is 9.95. The highest BCUT2D eigenvalue weighted by Crippen LogP contribution is 2.25. The van der Waals surface area contributed by atoms with Crippen LogP contribution in [0.15, 0.2) is 24.3 Å². The second-order valence-electron chi connectivity index (χ2n) is 4.57. The second kappa shape index (κ2) is 6.33. The van der Waals surface area contributed by atoms with Crippen molar-refractivity contribution in [3.63, 3.8) is 0 Å². The summed E-state index contributed by atoms with van der Waals surface area (Å²) >= 11 is 0. The van der Waals surface area contributed by atoms with E-state index in [9.17, 15) is 25.4 Å². The summed E-state index contributed by atoms with van der Waals surface area (Å²) in [6.45, 7) is -0.564. The number of ether oxygens (including phenoxy) is 2. The van der Waals surface area contributed by atoms with Gasteiger partial charge in [-0.1, -0.05) is 0 Å². The lowest BCUT2D eigenvalue weighted by molar-refractivity contribution is -0.384. The molecule has 9 heteroatoms. The summed E-state index contributed by atoms with van der Waals surface area (Å²) < 4.78 is 10.4. The molecule has 1 aliphatic heterocycles. The summed E-state index contributed by atoms with van der Waals surface area (Å²) in [5.41, 5.74) is -0.129. The average molecular weight is 301 g/mol. The Morgan fingerprint density at radius 1 is 1.14 bits per heavy atom. The third-order valence-corrected chi connectivity index (χ3v) is 3.15. The number of aliphatic hydroxyl groups is 4. The first-order valence-corrected chi connectivity index (χ1v) is 6.15. The van der Waals surface area contributed by atoms with Crippen LogP contribution in [0, 0.1) is 10.1 Å². The summed E-state index contributed by atoms with van der Waals surface area (Å²) in [5.74, 6) is 0.171. The predicted molar refractivity (Wildman–Crippen MR) is 67.5 cm³/mol. The number of benzene rings is 1. The second-order valence-corrected chi connectivity index (χ2v) is 4.57. The van der Waals surface area contributed by atoms with E-state index in [0.29, 0.717) is 0 Å². The maximum atomic E-state index is 10.5. The number of nitro benzene ring substituents is 1. The lowest BCUT2D eigenvalue weighted by Crippen LogP contribution is -2.60. The normalized spacial score (nSPS) is 32.7. The monoisotopic (exact) mass is 301 g/mol. The van der Waals surface area contributed by atoms with Crippen LogP contribution < -0.4 is 4.74 Å². The maximum absolute atomic E-state index is 10.5. The molecule has 0 aromatic heterocycles. The van der Waals surface area contributed by atoms with Crippen molar-refractivity contribution in [2.45, 2.75) is 30.7 Å². The van der Waals surface area contributed by atoms with Gasteiger partial charge in [-0.25, -0.2) is 0 Å². The molecule has 1 saturated heterocycles. The Balaban J connectivity index is 2.08. The molecule has 5 atom stereocenters. The van der Waals surface area contributed by atoms with Gasteiger partial charge >= 0.3 is 0 Å². The number of nitrogens with zero attached hydrogens (tertiary/aromatic N) is 1. The van der Waals surface area contributed by atoms with Crippen LogP contribution in [0.5, 0.6) is 5.75 Å². The number of non-ortho nitro benzene ring substituents is 1. The van der Waals surface area contributed by atoms with Crippen LogP contribution in [0.3, 0.4) is 0 Å². The van der Waals surface area contributed by atoms with E-state index in [1.807, 2.05) is 0 Å². The Kier molecular flexibility index (Phi) is 4.70. The number of nitro groups is 1. The lowest BCUT2D eigenvalue weighted by Gasteiger charge is -2.39. The lowest BCUT2D eigenvalue weighted by atomic mass is 9.99. The van der Waals surface area contributed by atoms with Crippen LogP contribution in [0.2, 0.25) is 0 Å². The molecule has 1 aliphatic rings.